The highest BCUT2D eigenvalue weighted by Gasteiger charge is 2.15. The smallest absolute Gasteiger partial charge is 0.288 e. The number of hydrogen-bond acceptors (Lipinski definition) is 4. The molecule has 1 aromatic rings. The molecule has 6 heteroatoms. The van der Waals surface area contributed by atoms with E-state index in [9.17, 15) is 14.9 Å². The molecular weight excluding hydrogens is 234 g/mol. The van der Waals surface area contributed by atoms with Crippen molar-refractivity contribution in [2.24, 2.45) is 0 Å². The molecule has 0 N–H and O–H groups in total. The molecule has 0 unspecified atom stereocenters. The van der Waals surface area contributed by atoms with Crippen molar-refractivity contribution >= 4 is 5.69 Å². The molecule has 0 aromatic carbocycles. The van der Waals surface area contributed by atoms with Gasteiger partial charge in [-0.1, -0.05) is 13.8 Å². The summed E-state index contributed by atoms with van der Waals surface area (Å²) in [5, 5.41) is 10.8. The Kier molecular flexibility index (Phi) is 5.03. The van der Waals surface area contributed by atoms with Crippen LogP contribution in [0.2, 0.25) is 0 Å². The Labute approximate surface area is 106 Å². The van der Waals surface area contributed by atoms with Crippen LogP contribution in [-0.4, -0.2) is 34.0 Å². The van der Waals surface area contributed by atoms with Crippen molar-refractivity contribution in [2.45, 2.75) is 27.3 Å². The topological polar surface area (TPSA) is 68.4 Å². The molecule has 18 heavy (non-hydrogen) atoms. The molecule has 0 radical (unpaired) electrons. The van der Waals surface area contributed by atoms with Crippen molar-refractivity contribution in [3.8, 4) is 0 Å². The van der Waals surface area contributed by atoms with Gasteiger partial charge in [-0.3, -0.25) is 14.9 Å². The quantitative estimate of drug-likeness (QED) is 0.567. The van der Waals surface area contributed by atoms with E-state index in [0.717, 1.165) is 19.6 Å². The summed E-state index contributed by atoms with van der Waals surface area (Å²) in [5.74, 6) is 0. The highest BCUT2D eigenvalue weighted by atomic mass is 16.6. The van der Waals surface area contributed by atoms with Gasteiger partial charge in [0.15, 0.2) is 0 Å². The minimum Gasteiger partial charge on any atom is -0.305 e. The van der Waals surface area contributed by atoms with Gasteiger partial charge in [0, 0.05) is 25.2 Å². The van der Waals surface area contributed by atoms with Gasteiger partial charge >= 0.3 is 0 Å². The number of nitrogens with zero attached hydrogens (tertiary/aromatic N) is 3. The number of rotatable bonds is 6. The highest BCUT2D eigenvalue weighted by molar-refractivity contribution is 5.34. The van der Waals surface area contributed by atoms with Crippen LogP contribution in [-0.2, 0) is 6.54 Å². The Morgan fingerprint density at radius 2 is 1.94 bits per heavy atom. The van der Waals surface area contributed by atoms with E-state index < -0.39 is 4.92 Å². The Hall–Kier alpha value is -1.69. The first kappa shape index (κ1) is 14.4. The molecule has 0 amide bonds. The molecule has 0 saturated carbocycles. The standard InChI is InChI=1S/C12H19N3O3/c1-4-13(5-2)8-9-14-10(3)11(15(17)18)6-7-12(14)16/h6-7H,4-5,8-9H2,1-3H3. The first-order chi connectivity index (χ1) is 8.51. The molecule has 0 spiro atoms. The lowest BCUT2D eigenvalue weighted by atomic mass is 10.3. The van der Waals surface area contributed by atoms with E-state index in [-0.39, 0.29) is 11.2 Å². The molecule has 0 atom stereocenters. The zero-order chi connectivity index (χ0) is 13.7. The zero-order valence-electron chi connectivity index (χ0n) is 11.0. The Morgan fingerprint density at radius 3 is 2.44 bits per heavy atom. The van der Waals surface area contributed by atoms with Crippen molar-refractivity contribution in [3.05, 3.63) is 38.3 Å². The second kappa shape index (κ2) is 6.30. The minimum absolute atomic E-state index is 0.00542. The molecule has 1 aromatic heterocycles. The molecule has 1 rings (SSSR count). The molecule has 0 aliphatic rings. The SMILES string of the molecule is CCN(CC)CCn1c(C)c([N+](=O)[O-])ccc1=O. The predicted molar refractivity (Wildman–Crippen MR) is 69.9 cm³/mol. The van der Waals surface area contributed by atoms with Crippen LogP contribution in [0.3, 0.4) is 0 Å². The largest absolute Gasteiger partial charge is 0.305 e. The van der Waals surface area contributed by atoms with E-state index in [2.05, 4.69) is 4.90 Å². The summed E-state index contributed by atoms with van der Waals surface area (Å²) < 4.78 is 1.47. The van der Waals surface area contributed by atoms with E-state index in [4.69, 9.17) is 0 Å². The Bertz CT molecular complexity index is 478. The number of hydrogen-bond donors (Lipinski definition) is 0. The van der Waals surface area contributed by atoms with Crippen LogP contribution in [0.25, 0.3) is 0 Å². The van der Waals surface area contributed by atoms with E-state index in [1.165, 1.54) is 16.7 Å². The fourth-order valence-electron chi connectivity index (χ4n) is 1.92. The van der Waals surface area contributed by atoms with Crippen LogP contribution in [0.5, 0.6) is 0 Å². The first-order valence-electron chi connectivity index (χ1n) is 6.08. The van der Waals surface area contributed by atoms with Gasteiger partial charge in [0.05, 0.1) is 10.6 Å². The van der Waals surface area contributed by atoms with E-state index in [0.29, 0.717) is 12.2 Å². The van der Waals surface area contributed by atoms with Crippen LogP contribution in [0.4, 0.5) is 5.69 Å². The van der Waals surface area contributed by atoms with Crippen molar-refractivity contribution in [2.75, 3.05) is 19.6 Å². The molecule has 0 aliphatic carbocycles. The number of pyridine rings is 1. The molecule has 1 heterocycles. The molecule has 0 fully saturated rings. The summed E-state index contributed by atoms with van der Waals surface area (Å²) in [6, 6.07) is 2.53. The van der Waals surface area contributed by atoms with E-state index >= 15 is 0 Å². The van der Waals surface area contributed by atoms with Crippen LogP contribution >= 0.6 is 0 Å². The third-order valence-electron chi connectivity index (χ3n) is 3.16. The average molecular weight is 253 g/mol. The predicted octanol–water partition coefficient (Wildman–Crippen LogP) is 1.41. The van der Waals surface area contributed by atoms with Gasteiger partial charge in [-0.15, -0.1) is 0 Å². The molecular formula is C12H19N3O3. The highest BCUT2D eigenvalue weighted by Crippen LogP contribution is 2.14. The van der Waals surface area contributed by atoms with Gasteiger partial charge in [0.1, 0.15) is 0 Å². The lowest BCUT2D eigenvalue weighted by molar-refractivity contribution is -0.386. The van der Waals surface area contributed by atoms with Gasteiger partial charge < -0.3 is 9.47 Å². The van der Waals surface area contributed by atoms with Crippen LogP contribution < -0.4 is 5.56 Å². The van der Waals surface area contributed by atoms with Crippen molar-refractivity contribution < 1.29 is 4.92 Å². The summed E-state index contributed by atoms with van der Waals surface area (Å²) in [6.45, 7) is 8.71. The molecule has 0 bridgehead atoms. The second-order valence-electron chi connectivity index (χ2n) is 4.08. The lowest BCUT2D eigenvalue weighted by Crippen LogP contribution is -2.31. The maximum atomic E-state index is 11.7. The maximum absolute atomic E-state index is 11.7. The third kappa shape index (κ3) is 3.16. The summed E-state index contributed by atoms with van der Waals surface area (Å²) in [7, 11) is 0. The molecule has 0 aliphatic heterocycles. The molecule has 100 valence electrons. The van der Waals surface area contributed by atoms with E-state index in [1.54, 1.807) is 6.92 Å². The summed E-state index contributed by atoms with van der Waals surface area (Å²) in [5.41, 5.74) is 0.221. The molecule has 6 nitrogen and oxygen atoms in total. The van der Waals surface area contributed by atoms with Crippen LogP contribution in [0, 0.1) is 17.0 Å². The van der Waals surface area contributed by atoms with Gasteiger partial charge in [-0.25, -0.2) is 0 Å². The zero-order valence-corrected chi connectivity index (χ0v) is 11.0. The summed E-state index contributed by atoms with van der Waals surface area (Å²) in [4.78, 5) is 24.3. The lowest BCUT2D eigenvalue weighted by Gasteiger charge is -2.19. The third-order valence-corrected chi connectivity index (χ3v) is 3.16. The second-order valence-corrected chi connectivity index (χ2v) is 4.08. The summed E-state index contributed by atoms with van der Waals surface area (Å²) >= 11 is 0. The Balaban J connectivity index is 2.98. The van der Waals surface area contributed by atoms with Crippen molar-refractivity contribution in [3.63, 3.8) is 0 Å². The molecule has 0 saturated heterocycles. The summed E-state index contributed by atoms with van der Waals surface area (Å²) in [6.07, 6.45) is 0. The normalized spacial score (nSPS) is 10.9. The number of likely N-dealkylation sites (N-methyl/N-ethyl adjacent to an activating group) is 1. The van der Waals surface area contributed by atoms with Crippen LogP contribution in [0.1, 0.15) is 19.5 Å². The number of aromatic nitrogens is 1. The van der Waals surface area contributed by atoms with E-state index in [1.807, 2.05) is 13.8 Å². The van der Waals surface area contributed by atoms with Gasteiger partial charge in [-0.05, 0) is 20.0 Å². The maximum Gasteiger partial charge on any atom is 0.288 e. The minimum atomic E-state index is -0.456. The van der Waals surface area contributed by atoms with Gasteiger partial charge in [0.25, 0.3) is 11.2 Å². The van der Waals surface area contributed by atoms with Crippen LogP contribution in [0.15, 0.2) is 16.9 Å². The van der Waals surface area contributed by atoms with Gasteiger partial charge in [-0.2, -0.15) is 0 Å². The Morgan fingerprint density at radius 1 is 1.33 bits per heavy atom. The van der Waals surface area contributed by atoms with Crippen molar-refractivity contribution in [1.29, 1.82) is 0 Å². The fourth-order valence-corrected chi connectivity index (χ4v) is 1.92. The fraction of sp³-hybridized carbons (Fsp3) is 0.583. The first-order valence-corrected chi connectivity index (χ1v) is 6.08. The number of nitro groups is 1. The average Bonchev–Trinajstić information content (AvgIpc) is 2.33. The monoisotopic (exact) mass is 253 g/mol. The van der Waals surface area contributed by atoms with Crippen molar-refractivity contribution in [1.82, 2.24) is 9.47 Å². The van der Waals surface area contributed by atoms with Gasteiger partial charge in [0.2, 0.25) is 0 Å².